The van der Waals surface area contributed by atoms with E-state index in [0.29, 0.717) is 30.6 Å². The highest BCUT2D eigenvalue weighted by atomic mass is 35.5. The topological polar surface area (TPSA) is 26.3 Å². The van der Waals surface area contributed by atoms with Crippen molar-refractivity contribution in [3.63, 3.8) is 0 Å². The highest BCUT2D eigenvalue weighted by Crippen LogP contribution is 2.39. The zero-order valence-electron chi connectivity index (χ0n) is 8.70. The van der Waals surface area contributed by atoms with Crippen LogP contribution >= 0.6 is 11.6 Å². The van der Waals surface area contributed by atoms with Crippen LogP contribution in [0.4, 0.5) is 0 Å². The monoisotopic (exact) mass is 234 g/mol. The van der Waals surface area contributed by atoms with Crippen molar-refractivity contribution in [3.8, 4) is 0 Å². The van der Waals surface area contributed by atoms with Crippen molar-refractivity contribution in [1.82, 2.24) is 0 Å². The first-order chi connectivity index (χ1) is 7.75. The van der Waals surface area contributed by atoms with E-state index in [1.165, 1.54) is 5.57 Å². The minimum absolute atomic E-state index is 0.241. The average Bonchev–Trinajstić information content (AvgIpc) is 2.79. The van der Waals surface area contributed by atoms with Crippen molar-refractivity contribution in [1.29, 1.82) is 0 Å². The molecule has 1 unspecified atom stereocenters. The van der Waals surface area contributed by atoms with Gasteiger partial charge in [-0.3, -0.25) is 4.79 Å². The quantitative estimate of drug-likeness (QED) is 0.747. The summed E-state index contributed by atoms with van der Waals surface area (Å²) in [7, 11) is 0. The third-order valence-electron chi connectivity index (χ3n) is 3.23. The number of benzene rings is 1. The molecule has 3 rings (SSSR count). The van der Waals surface area contributed by atoms with E-state index in [9.17, 15) is 4.79 Å². The molecule has 2 nitrogen and oxygen atoms in total. The highest BCUT2D eigenvalue weighted by Gasteiger charge is 2.36. The normalized spacial score (nSPS) is 24.1. The smallest absolute Gasteiger partial charge is 0.164 e. The van der Waals surface area contributed by atoms with Gasteiger partial charge in [-0.15, -0.1) is 0 Å². The fourth-order valence-electron chi connectivity index (χ4n) is 2.46. The predicted molar refractivity (Wildman–Crippen MR) is 62.3 cm³/mol. The Balaban J connectivity index is 2.08. The maximum Gasteiger partial charge on any atom is 0.164 e. The number of carbonyl (C=O) groups excluding carboxylic acids is 1. The van der Waals surface area contributed by atoms with E-state index in [4.69, 9.17) is 16.3 Å². The Kier molecular flexibility index (Phi) is 2.34. The minimum atomic E-state index is 0.241. The Labute approximate surface area is 98.9 Å². The molecule has 1 aliphatic heterocycles. The van der Waals surface area contributed by atoms with Crippen LogP contribution in [0, 0.1) is 5.92 Å². The van der Waals surface area contributed by atoms with Crippen LogP contribution in [0.25, 0.3) is 5.57 Å². The van der Waals surface area contributed by atoms with Gasteiger partial charge in [-0.2, -0.15) is 0 Å². The van der Waals surface area contributed by atoms with Crippen LogP contribution in [0.3, 0.4) is 0 Å². The molecular formula is C13H11ClO2. The standard InChI is InChI=1S/C13H11ClO2/c14-10-3-1-8(2-4-10)13-11-7-16-6-9(11)5-12(13)15/h1-4,9H,5-7H2. The van der Waals surface area contributed by atoms with Crippen LogP contribution < -0.4 is 0 Å². The summed E-state index contributed by atoms with van der Waals surface area (Å²) in [5.74, 6) is 0.559. The van der Waals surface area contributed by atoms with Gasteiger partial charge in [0, 0.05) is 22.9 Å². The van der Waals surface area contributed by atoms with E-state index in [-0.39, 0.29) is 5.78 Å². The van der Waals surface area contributed by atoms with Crippen molar-refractivity contribution >= 4 is 23.0 Å². The summed E-state index contributed by atoms with van der Waals surface area (Å²) in [6.07, 6.45) is 0.604. The number of hydrogen-bond acceptors (Lipinski definition) is 2. The largest absolute Gasteiger partial charge is 0.376 e. The summed E-state index contributed by atoms with van der Waals surface area (Å²) in [6.45, 7) is 1.30. The number of allylic oxidation sites excluding steroid dienone is 1. The molecule has 1 aromatic carbocycles. The van der Waals surface area contributed by atoms with Gasteiger partial charge in [-0.05, 0) is 23.3 Å². The van der Waals surface area contributed by atoms with Gasteiger partial charge in [-0.25, -0.2) is 0 Å². The minimum Gasteiger partial charge on any atom is -0.376 e. The summed E-state index contributed by atoms with van der Waals surface area (Å²) >= 11 is 5.84. The Hall–Kier alpha value is -1.12. The van der Waals surface area contributed by atoms with Crippen LogP contribution in [0.15, 0.2) is 29.8 Å². The van der Waals surface area contributed by atoms with Crippen molar-refractivity contribution in [2.45, 2.75) is 6.42 Å². The molecule has 82 valence electrons. The van der Waals surface area contributed by atoms with E-state index in [2.05, 4.69) is 0 Å². The van der Waals surface area contributed by atoms with Crippen LogP contribution in [-0.4, -0.2) is 19.0 Å². The maximum atomic E-state index is 11.9. The van der Waals surface area contributed by atoms with Crippen molar-refractivity contribution in [2.24, 2.45) is 5.92 Å². The van der Waals surface area contributed by atoms with Crippen LogP contribution in [0.1, 0.15) is 12.0 Å². The second kappa shape index (κ2) is 3.72. The number of halogens is 1. The van der Waals surface area contributed by atoms with Gasteiger partial charge < -0.3 is 4.74 Å². The molecule has 0 saturated carbocycles. The van der Waals surface area contributed by atoms with Crippen molar-refractivity contribution < 1.29 is 9.53 Å². The number of rotatable bonds is 1. The fourth-order valence-corrected chi connectivity index (χ4v) is 2.58. The lowest BCUT2D eigenvalue weighted by molar-refractivity contribution is -0.113. The molecule has 1 atom stereocenters. The summed E-state index contributed by atoms with van der Waals surface area (Å²) in [4.78, 5) is 11.9. The van der Waals surface area contributed by atoms with Gasteiger partial charge in [0.2, 0.25) is 0 Å². The zero-order valence-corrected chi connectivity index (χ0v) is 9.46. The Morgan fingerprint density at radius 3 is 2.75 bits per heavy atom. The summed E-state index contributed by atoms with van der Waals surface area (Å²) in [5, 5.41) is 0.694. The Morgan fingerprint density at radius 1 is 1.25 bits per heavy atom. The van der Waals surface area contributed by atoms with Gasteiger partial charge in [0.1, 0.15) is 0 Å². The lowest BCUT2D eigenvalue weighted by Crippen LogP contribution is -2.01. The molecule has 0 radical (unpaired) electrons. The molecule has 0 aromatic heterocycles. The molecule has 1 aromatic rings. The van der Waals surface area contributed by atoms with Crippen LogP contribution in [-0.2, 0) is 9.53 Å². The molecule has 3 heteroatoms. The van der Waals surface area contributed by atoms with Crippen LogP contribution in [0.2, 0.25) is 5.02 Å². The predicted octanol–water partition coefficient (Wildman–Crippen LogP) is 2.71. The number of fused-ring (bicyclic) bond motifs is 1. The molecule has 1 aliphatic carbocycles. The third-order valence-corrected chi connectivity index (χ3v) is 3.49. The van der Waals surface area contributed by atoms with E-state index in [1.807, 2.05) is 24.3 Å². The lowest BCUT2D eigenvalue weighted by atomic mass is 10.0. The second-order valence-electron chi connectivity index (χ2n) is 4.25. The Morgan fingerprint density at radius 2 is 2.00 bits per heavy atom. The molecule has 0 N–H and O–H groups in total. The molecule has 1 fully saturated rings. The molecule has 1 saturated heterocycles. The number of carbonyl (C=O) groups is 1. The number of ether oxygens (including phenoxy) is 1. The fraction of sp³-hybridized carbons (Fsp3) is 0.308. The molecule has 2 aliphatic rings. The van der Waals surface area contributed by atoms with Gasteiger partial charge in [0.05, 0.1) is 13.2 Å². The summed E-state index contributed by atoms with van der Waals surface area (Å²) in [6, 6.07) is 7.45. The zero-order chi connectivity index (χ0) is 11.1. The van der Waals surface area contributed by atoms with Crippen molar-refractivity contribution in [3.05, 3.63) is 40.4 Å². The number of hydrogen-bond donors (Lipinski definition) is 0. The highest BCUT2D eigenvalue weighted by molar-refractivity contribution is 6.31. The first kappa shape index (κ1) is 10.1. The maximum absolute atomic E-state index is 11.9. The summed E-state index contributed by atoms with van der Waals surface area (Å²) in [5.41, 5.74) is 3.00. The number of Topliss-reactive ketones (excluding diaryl/α,β-unsaturated/α-hetero) is 1. The summed E-state index contributed by atoms with van der Waals surface area (Å²) < 4.78 is 5.40. The number of ketones is 1. The molecule has 1 heterocycles. The molecular weight excluding hydrogens is 224 g/mol. The third kappa shape index (κ3) is 1.49. The van der Waals surface area contributed by atoms with Crippen molar-refractivity contribution in [2.75, 3.05) is 13.2 Å². The molecule has 16 heavy (non-hydrogen) atoms. The van der Waals surface area contributed by atoms with Gasteiger partial charge in [0.15, 0.2) is 5.78 Å². The first-order valence-corrected chi connectivity index (χ1v) is 5.73. The van der Waals surface area contributed by atoms with E-state index in [0.717, 1.165) is 11.1 Å². The molecule has 0 bridgehead atoms. The van der Waals surface area contributed by atoms with Gasteiger partial charge in [-0.1, -0.05) is 23.7 Å². The van der Waals surface area contributed by atoms with Gasteiger partial charge in [0.25, 0.3) is 0 Å². The molecule has 0 amide bonds. The molecule has 0 spiro atoms. The SMILES string of the molecule is O=C1CC2COCC2=C1c1ccc(Cl)cc1. The lowest BCUT2D eigenvalue weighted by Gasteiger charge is -2.03. The first-order valence-electron chi connectivity index (χ1n) is 5.35. The van der Waals surface area contributed by atoms with Gasteiger partial charge >= 0.3 is 0 Å². The van der Waals surface area contributed by atoms with E-state index in [1.54, 1.807) is 0 Å². The van der Waals surface area contributed by atoms with E-state index < -0.39 is 0 Å². The second-order valence-corrected chi connectivity index (χ2v) is 4.68. The van der Waals surface area contributed by atoms with Crippen LogP contribution in [0.5, 0.6) is 0 Å². The van der Waals surface area contributed by atoms with E-state index >= 15 is 0 Å². The Bertz CT molecular complexity index is 473. The average molecular weight is 235 g/mol.